The Hall–Kier alpha value is -2.77. The number of carbonyl (C=O) groups is 1. The molecule has 3 rings (SSSR count). The predicted molar refractivity (Wildman–Crippen MR) is 323 cm³/mol. The molecule has 19 heteroatoms. The van der Waals surface area contributed by atoms with E-state index in [0.29, 0.717) is 6.42 Å². The van der Waals surface area contributed by atoms with Crippen molar-refractivity contribution in [3.05, 3.63) is 72.9 Å². The number of hydrogen-bond acceptors (Lipinski definition) is 18. The highest BCUT2D eigenvalue weighted by Gasteiger charge is 2.53. The molecule has 0 bridgehead atoms. The first-order chi connectivity index (χ1) is 40.8. The van der Waals surface area contributed by atoms with Crippen LogP contribution in [-0.2, 0) is 33.2 Å². The molecule has 0 aliphatic carbocycles. The lowest BCUT2D eigenvalue weighted by Gasteiger charge is -2.48. The van der Waals surface area contributed by atoms with Crippen molar-refractivity contribution < 1.29 is 89.4 Å². The Bertz CT molecular complexity index is 1810. The number of amides is 1. The number of hydrogen-bond donors (Lipinski definition) is 12. The highest BCUT2D eigenvalue weighted by molar-refractivity contribution is 5.76. The summed E-state index contributed by atoms with van der Waals surface area (Å²) in [5.41, 5.74) is 0. The molecule has 19 nitrogen and oxygen atoms in total. The van der Waals surface area contributed by atoms with Crippen LogP contribution in [0.3, 0.4) is 0 Å². The lowest BCUT2D eigenvalue weighted by atomic mass is 9.96. The summed E-state index contributed by atoms with van der Waals surface area (Å²) in [6, 6.07) is -0.975. The first-order valence-electron chi connectivity index (χ1n) is 32.2. The number of unbranched alkanes of at least 4 members (excludes halogenated alkanes) is 21. The van der Waals surface area contributed by atoms with Crippen LogP contribution in [0, 0.1) is 0 Å². The van der Waals surface area contributed by atoms with Crippen molar-refractivity contribution in [3.63, 3.8) is 0 Å². The van der Waals surface area contributed by atoms with E-state index in [1.807, 2.05) is 6.08 Å². The minimum atomic E-state index is -1.98. The molecule has 3 heterocycles. The molecule has 17 atom stereocenters. The highest BCUT2D eigenvalue weighted by atomic mass is 16.8. The highest BCUT2D eigenvalue weighted by Crippen LogP contribution is 2.33. The summed E-state index contributed by atoms with van der Waals surface area (Å²) < 4.78 is 34.2. The fourth-order valence-electron chi connectivity index (χ4n) is 10.5. The molecule has 3 aliphatic rings. The van der Waals surface area contributed by atoms with Gasteiger partial charge >= 0.3 is 0 Å². The lowest BCUT2D eigenvalue weighted by molar-refractivity contribution is -0.379. The second-order valence-electron chi connectivity index (χ2n) is 22.8. The van der Waals surface area contributed by atoms with Crippen LogP contribution in [-0.4, -0.2) is 193 Å². The fourth-order valence-corrected chi connectivity index (χ4v) is 10.5. The first-order valence-corrected chi connectivity index (χ1v) is 32.2. The Morgan fingerprint density at radius 2 is 0.821 bits per heavy atom. The topological polar surface area (TPSA) is 307 Å². The van der Waals surface area contributed by atoms with E-state index in [2.05, 4.69) is 79.9 Å². The van der Waals surface area contributed by atoms with Crippen LogP contribution in [0.4, 0.5) is 0 Å². The van der Waals surface area contributed by atoms with Gasteiger partial charge < -0.3 is 89.9 Å². The number of rotatable bonds is 47. The van der Waals surface area contributed by atoms with Crippen LogP contribution in [0.2, 0.25) is 0 Å². The first kappa shape index (κ1) is 75.5. The van der Waals surface area contributed by atoms with E-state index in [1.54, 1.807) is 6.08 Å². The van der Waals surface area contributed by atoms with E-state index in [1.165, 1.54) is 89.9 Å². The largest absolute Gasteiger partial charge is 0.394 e. The fraction of sp³-hybridized carbons (Fsp3) is 0.800. The molecule has 84 heavy (non-hydrogen) atoms. The molecule has 0 aromatic heterocycles. The quantitative estimate of drug-likeness (QED) is 0.0216. The Balaban J connectivity index is 1.39. The second-order valence-corrected chi connectivity index (χ2v) is 22.8. The Labute approximate surface area is 502 Å². The second kappa shape index (κ2) is 47.3. The monoisotopic (exact) mass is 1200 g/mol. The van der Waals surface area contributed by atoms with Crippen LogP contribution < -0.4 is 5.32 Å². The standard InChI is InChI=1S/C65H113NO18/c1-3-5-7-9-11-13-15-16-17-18-19-20-21-22-23-24-25-26-27-28-29-30-31-32-33-35-37-39-41-43-53(71)66-48(49(70)42-40-38-36-34-14-12-10-8-6-4-2)47-79-63-59(77)56(74)61(51(45-68)81-63)84-65-60(78)57(75)62(52(46-69)82-65)83-64-58(76)55(73)54(72)50(44-67)80-64/h5,7,11,13,16-17,19-20,22-23,40,42,48-52,54-65,67-70,72-78H,3-4,6,8-10,12,14-15,18,21,24-39,41,43-47H2,1-2H3,(H,66,71)/b7-5-,13-11-,17-16-,20-19-,23-22-,42-40+. The van der Waals surface area contributed by atoms with Crippen molar-refractivity contribution in [2.45, 2.75) is 304 Å². The van der Waals surface area contributed by atoms with Gasteiger partial charge in [0.05, 0.1) is 38.6 Å². The van der Waals surface area contributed by atoms with Gasteiger partial charge in [0.2, 0.25) is 5.91 Å². The predicted octanol–water partition coefficient (Wildman–Crippen LogP) is 6.99. The van der Waals surface area contributed by atoms with E-state index in [9.17, 15) is 61.0 Å². The summed E-state index contributed by atoms with van der Waals surface area (Å²) in [6.07, 6.45) is 30.4. The van der Waals surface area contributed by atoms with Gasteiger partial charge in [-0.25, -0.2) is 0 Å². The van der Waals surface area contributed by atoms with Gasteiger partial charge in [0.1, 0.15) is 73.2 Å². The molecule has 12 N–H and O–H groups in total. The molecule has 0 saturated carbocycles. The summed E-state index contributed by atoms with van der Waals surface area (Å²) in [5.74, 6) is -0.282. The number of aliphatic hydroxyl groups excluding tert-OH is 11. The normalized spacial score (nSPS) is 29.7. The minimum Gasteiger partial charge on any atom is -0.394 e. The third kappa shape index (κ3) is 30.0. The average Bonchev–Trinajstić information content (AvgIpc) is 2.80. The number of nitrogens with one attached hydrogen (secondary N) is 1. The SMILES string of the molecule is CC/C=C\C/C=C\C/C=C\C/C=C\C/C=C\CCCCCCCCCCCCCCCC(=O)NC(COC1OC(CO)C(OC2OC(CO)C(OC3OC(CO)C(O)C(O)C3O)C(O)C2O)C(O)C1O)C(O)/C=C/CCCCCCCCCC. The molecule has 3 aliphatic heterocycles. The molecule has 17 unspecified atom stereocenters. The summed E-state index contributed by atoms with van der Waals surface area (Å²) in [7, 11) is 0. The van der Waals surface area contributed by atoms with Crippen LogP contribution in [0.1, 0.15) is 200 Å². The van der Waals surface area contributed by atoms with Gasteiger partial charge in [-0.3, -0.25) is 4.79 Å². The van der Waals surface area contributed by atoms with Crippen LogP contribution in [0.5, 0.6) is 0 Å². The van der Waals surface area contributed by atoms with E-state index in [4.69, 9.17) is 28.4 Å². The molecular weight excluding hydrogens is 1080 g/mol. The smallest absolute Gasteiger partial charge is 0.220 e. The van der Waals surface area contributed by atoms with Crippen molar-refractivity contribution in [1.29, 1.82) is 0 Å². The maximum Gasteiger partial charge on any atom is 0.220 e. The average molecular weight is 1200 g/mol. The van der Waals surface area contributed by atoms with E-state index >= 15 is 0 Å². The third-order valence-electron chi connectivity index (χ3n) is 15.8. The zero-order valence-electron chi connectivity index (χ0n) is 50.9. The Kier molecular flexibility index (Phi) is 42.5. The van der Waals surface area contributed by atoms with Gasteiger partial charge in [0.25, 0.3) is 0 Å². The molecule has 3 saturated heterocycles. The van der Waals surface area contributed by atoms with E-state index < -0.39 is 124 Å². The summed E-state index contributed by atoms with van der Waals surface area (Å²) >= 11 is 0. The zero-order chi connectivity index (χ0) is 61.2. The summed E-state index contributed by atoms with van der Waals surface area (Å²) in [5, 5.41) is 120. The number of ether oxygens (including phenoxy) is 6. The minimum absolute atomic E-state index is 0.238. The van der Waals surface area contributed by atoms with E-state index in [0.717, 1.165) is 83.5 Å². The lowest BCUT2D eigenvalue weighted by Crippen LogP contribution is -2.66. The molecule has 0 aromatic rings. The van der Waals surface area contributed by atoms with Gasteiger partial charge in [0, 0.05) is 6.42 Å². The number of aliphatic hydroxyl groups is 11. The van der Waals surface area contributed by atoms with Crippen molar-refractivity contribution in [1.82, 2.24) is 5.32 Å². The van der Waals surface area contributed by atoms with Crippen molar-refractivity contribution in [2.24, 2.45) is 0 Å². The molecule has 1 amide bonds. The van der Waals surface area contributed by atoms with Gasteiger partial charge in [-0.05, 0) is 64.2 Å². The molecule has 3 fully saturated rings. The molecular formula is C65H113NO18. The maximum absolute atomic E-state index is 13.3. The maximum atomic E-state index is 13.3. The van der Waals surface area contributed by atoms with Crippen LogP contribution in [0.25, 0.3) is 0 Å². The van der Waals surface area contributed by atoms with Gasteiger partial charge in [-0.2, -0.15) is 0 Å². The summed E-state index contributed by atoms with van der Waals surface area (Å²) in [4.78, 5) is 13.3. The molecule has 0 aromatic carbocycles. The van der Waals surface area contributed by atoms with Crippen molar-refractivity contribution in [3.8, 4) is 0 Å². The van der Waals surface area contributed by atoms with Crippen molar-refractivity contribution >= 4 is 5.91 Å². The number of allylic oxidation sites excluding steroid dienone is 11. The van der Waals surface area contributed by atoms with Crippen LogP contribution in [0.15, 0.2) is 72.9 Å². The summed E-state index contributed by atoms with van der Waals surface area (Å²) in [6.45, 7) is 1.57. The number of carbonyl (C=O) groups excluding carboxylic acids is 1. The molecule has 0 radical (unpaired) electrons. The van der Waals surface area contributed by atoms with Crippen LogP contribution >= 0.6 is 0 Å². The van der Waals surface area contributed by atoms with E-state index in [-0.39, 0.29) is 18.9 Å². The zero-order valence-corrected chi connectivity index (χ0v) is 50.9. The molecule has 486 valence electrons. The van der Waals surface area contributed by atoms with Crippen molar-refractivity contribution in [2.75, 3.05) is 26.4 Å². The molecule has 0 spiro atoms. The Morgan fingerprint density at radius 3 is 1.29 bits per heavy atom. The third-order valence-corrected chi connectivity index (χ3v) is 15.8. The van der Waals surface area contributed by atoms with Gasteiger partial charge in [-0.1, -0.05) is 202 Å². The Morgan fingerprint density at radius 1 is 0.440 bits per heavy atom. The van der Waals surface area contributed by atoms with Gasteiger partial charge in [-0.15, -0.1) is 0 Å². The van der Waals surface area contributed by atoms with Gasteiger partial charge in [0.15, 0.2) is 18.9 Å².